The van der Waals surface area contributed by atoms with Crippen LogP contribution in [0.2, 0.25) is 0 Å². The fourth-order valence-electron chi connectivity index (χ4n) is 1.73. The van der Waals surface area contributed by atoms with Crippen LogP contribution in [0.4, 0.5) is 5.69 Å². The molecule has 0 bridgehead atoms. The summed E-state index contributed by atoms with van der Waals surface area (Å²) in [5.74, 6) is -0.0912. The number of carbonyl (C=O) groups excluding carboxylic acids is 1. The summed E-state index contributed by atoms with van der Waals surface area (Å²) in [6.45, 7) is 3.20. The zero-order chi connectivity index (χ0) is 14.5. The van der Waals surface area contributed by atoms with Crippen LogP contribution in [0.25, 0.3) is 0 Å². The number of aromatic nitrogens is 1. The van der Waals surface area contributed by atoms with E-state index in [1.54, 1.807) is 13.1 Å². The Balaban J connectivity index is 2.16. The number of pyridine rings is 1. The van der Waals surface area contributed by atoms with E-state index in [1.165, 1.54) is 18.7 Å². The Bertz CT molecular complexity index is 597. The van der Waals surface area contributed by atoms with Crippen LogP contribution in [0.3, 0.4) is 0 Å². The molecule has 2 aromatic rings. The Hall–Kier alpha value is -1.85. The lowest BCUT2D eigenvalue weighted by molar-refractivity contribution is -0.114. The molecule has 1 amide bonds. The molecule has 1 aromatic carbocycles. The number of aliphatic hydroxyl groups is 1. The van der Waals surface area contributed by atoms with Gasteiger partial charge in [-0.2, -0.15) is 0 Å². The highest BCUT2D eigenvalue weighted by molar-refractivity contribution is 7.99. The second-order valence-corrected chi connectivity index (χ2v) is 5.44. The molecule has 0 aliphatic heterocycles. The first-order valence-corrected chi connectivity index (χ1v) is 7.06. The minimum absolute atomic E-state index is 0.0912. The van der Waals surface area contributed by atoms with Gasteiger partial charge in [-0.1, -0.05) is 17.8 Å². The predicted molar refractivity (Wildman–Crippen MR) is 79.7 cm³/mol. The van der Waals surface area contributed by atoms with E-state index in [0.29, 0.717) is 0 Å². The lowest BCUT2D eigenvalue weighted by Crippen LogP contribution is -2.05. The van der Waals surface area contributed by atoms with Crippen molar-refractivity contribution in [3.8, 4) is 0 Å². The van der Waals surface area contributed by atoms with E-state index in [9.17, 15) is 9.90 Å². The van der Waals surface area contributed by atoms with E-state index in [2.05, 4.69) is 10.3 Å². The number of hydrogen-bond donors (Lipinski definition) is 2. The molecule has 4 nitrogen and oxygen atoms in total. The first-order chi connectivity index (χ1) is 9.56. The van der Waals surface area contributed by atoms with E-state index in [4.69, 9.17) is 0 Å². The molecule has 0 radical (unpaired) electrons. The molecule has 0 saturated heterocycles. The van der Waals surface area contributed by atoms with Crippen molar-refractivity contribution in [2.24, 2.45) is 0 Å². The second-order valence-electron chi connectivity index (χ2n) is 4.38. The van der Waals surface area contributed by atoms with Gasteiger partial charge in [0.05, 0.1) is 6.10 Å². The van der Waals surface area contributed by atoms with Crippen LogP contribution in [-0.2, 0) is 4.79 Å². The van der Waals surface area contributed by atoms with Gasteiger partial charge >= 0.3 is 0 Å². The number of nitrogens with one attached hydrogen (secondary N) is 1. The van der Waals surface area contributed by atoms with E-state index < -0.39 is 6.10 Å². The number of rotatable bonds is 4. The van der Waals surface area contributed by atoms with E-state index in [0.717, 1.165) is 21.2 Å². The van der Waals surface area contributed by atoms with Crippen molar-refractivity contribution < 1.29 is 9.90 Å². The van der Waals surface area contributed by atoms with Gasteiger partial charge < -0.3 is 10.4 Å². The normalized spacial score (nSPS) is 11.9. The maximum atomic E-state index is 11.0. The topological polar surface area (TPSA) is 62.2 Å². The van der Waals surface area contributed by atoms with Gasteiger partial charge in [-0.25, -0.2) is 4.98 Å². The van der Waals surface area contributed by atoms with Crippen molar-refractivity contribution in [1.29, 1.82) is 0 Å². The largest absolute Gasteiger partial charge is 0.389 e. The van der Waals surface area contributed by atoms with Gasteiger partial charge in [0.15, 0.2) is 0 Å². The van der Waals surface area contributed by atoms with Crippen LogP contribution in [0.5, 0.6) is 0 Å². The van der Waals surface area contributed by atoms with Crippen LogP contribution in [0, 0.1) is 0 Å². The molecular weight excluding hydrogens is 272 g/mol. The average Bonchev–Trinajstić information content (AvgIpc) is 2.41. The van der Waals surface area contributed by atoms with Gasteiger partial charge in [-0.3, -0.25) is 4.79 Å². The van der Waals surface area contributed by atoms with Crippen LogP contribution < -0.4 is 5.32 Å². The minimum atomic E-state index is -0.551. The predicted octanol–water partition coefficient (Wildman–Crippen LogP) is 3.24. The molecule has 5 heteroatoms. The highest BCUT2D eigenvalue weighted by Gasteiger charge is 2.10. The molecule has 1 atom stereocenters. The lowest BCUT2D eigenvalue weighted by Gasteiger charge is -2.10. The summed E-state index contributed by atoms with van der Waals surface area (Å²) < 4.78 is 0. The van der Waals surface area contributed by atoms with Gasteiger partial charge in [0.1, 0.15) is 5.03 Å². The standard InChI is InChI=1S/C15H16N2O2S/c1-10(18)14-4-3-9-16-15(14)20-13-7-5-12(6-8-13)17-11(2)19/h3-10,18H,1-2H3,(H,17,19)/t10-/m0/s1. The van der Waals surface area contributed by atoms with Gasteiger partial charge in [-0.15, -0.1) is 0 Å². The number of carbonyl (C=O) groups is 1. The fourth-order valence-corrected chi connectivity index (χ4v) is 2.69. The Morgan fingerprint density at radius 3 is 2.60 bits per heavy atom. The molecule has 0 unspecified atom stereocenters. The minimum Gasteiger partial charge on any atom is -0.389 e. The van der Waals surface area contributed by atoms with E-state index in [-0.39, 0.29) is 5.91 Å². The molecular formula is C15H16N2O2S. The van der Waals surface area contributed by atoms with Gasteiger partial charge in [0.25, 0.3) is 0 Å². The fraction of sp³-hybridized carbons (Fsp3) is 0.200. The summed E-state index contributed by atoms with van der Waals surface area (Å²) >= 11 is 1.49. The average molecular weight is 288 g/mol. The highest BCUT2D eigenvalue weighted by Crippen LogP contribution is 2.31. The molecule has 0 saturated carbocycles. The molecule has 0 aliphatic rings. The number of aliphatic hydroxyl groups excluding tert-OH is 1. The van der Waals surface area contributed by atoms with Crippen molar-refractivity contribution in [1.82, 2.24) is 4.98 Å². The third-order valence-corrected chi connectivity index (χ3v) is 3.68. The van der Waals surface area contributed by atoms with Gasteiger partial charge in [-0.05, 0) is 37.3 Å². The summed E-state index contributed by atoms with van der Waals surface area (Å²) in [4.78, 5) is 16.3. The lowest BCUT2D eigenvalue weighted by atomic mass is 10.2. The Morgan fingerprint density at radius 2 is 2.00 bits per heavy atom. The van der Waals surface area contributed by atoms with Crippen molar-refractivity contribution in [2.45, 2.75) is 29.9 Å². The molecule has 20 heavy (non-hydrogen) atoms. The van der Waals surface area contributed by atoms with E-state index >= 15 is 0 Å². The smallest absolute Gasteiger partial charge is 0.221 e. The van der Waals surface area contributed by atoms with Crippen molar-refractivity contribution in [3.63, 3.8) is 0 Å². The second kappa shape index (κ2) is 6.54. The van der Waals surface area contributed by atoms with E-state index in [1.807, 2.05) is 36.4 Å². The quantitative estimate of drug-likeness (QED) is 0.906. The molecule has 104 valence electrons. The Morgan fingerprint density at radius 1 is 1.30 bits per heavy atom. The molecule has 2 N–H and O–H groups in total. The van der Waals surface area contributed by atoms with Crippen LogP contribution in [0.1, 0.15) is 25.5 Å². The number of hydrogen-bond acceptors (Lipinski definition) is 4. The van der Waals surface area contributed by atoms with Crippen molar-refractivity contribution >= 4 is 23.4 Å². The maximum Gasteiger partial charge on any atom is 0.221 e. The summed E-state index contributed by atoms with van der Waals surface area (Å²) in [5.41, 5.74) is 1.57. The van der Waals surface area contributed by atoms with Gasteiger partial charge in [0.2, 0.25) is 5.91 Å². The SMILES string of the molecule is CC(=O)Nc1ccc(Sc2ncccc2[C@H](C)O)cc1. The monoisotopic (exact) mass is 288 g/mol. The summed E-state index contributed by atoms with van der Waals surface area (Å²) in [6, 6.07) is 11.2. The number of benzene rings is 1. The first kappa shape index (κ1) is 14.6. The van der Waals surface area contributed by atoms with Crippen LogP contribution in [0.15, 0.2) is 52.5 Å². The van der Waals surface area contributed by atoms with Crippen LogP contribution >= 0.6 is 11.8 Å². The van der Waals surface area contributed by atoms with Crippen LogP contribution in [-0.4, -0.2) is 16.0 Å². The third-order valence-electron chi connectivity index (χ3n) is 2.64. The summed E-state index contributed by atoms with van der Waals surface area (Å²) in [5, 5.41) is 13.2. The van der Waals surface area contributed by atoms with Crippen molar-refractivity contribution in [2.75, 3.05) is 5.32 Å². The zero-order valence-electron chi connectivity index (χ0n) is 11.3. The molecule has 2 rings (SSSR count). The van der Waals surface area contributed by atoms with Gasteiger partial charge in [0, 0.05) is 29.3 Å². The highest BCUT2D eigenvalue weighted by atomic mass is 32.2. The summed E-state index contributed by atoms with van der Waals surface area (Å²) in [6.07, 6.45) is 1.16. The number of amides is 1. The molecule has 0 fully saturated rings. The number of anilines is 1. The molecule has 0 spiro atoms. The Kier molecular flexibility index (Phi) is 4.76. The summed E-state index contributed by atoms with van der Waals surface area (Å²) in [7, 11) is 0. The zero-order valence-corrected chi connectivity index (χ0v) is 12.1. The molecule has 1 aromatic heterocycles. The molecule has 1 heterocycles. The third kappa shape index (κ3) is 3.82. The molecule has 0 aliphatic carbocycles. The number of nitrogens with zero attached hydrogens (tertiary/aromatic N) is 1. The maximum absolute atomic E-state index is 11.0. The Labute approximate surface area is 122 Å². The first-order valence-electron chi connectivity index (χ1n) is 6.25. The van der Waals surface area contributed by atoms with Crippen molar-refractivity contribution in [3.05, 3.63) is 48.2 Å².